The molecule has 6 heteroatoms. The van der Waals surface area contributed by atoms with Gasteiger partial charge in [0.2, 0.25) is 5.95 Å². The predicted octanol–water partition coefficient (Wildman–Crippen LogP) is 1.79. The van der Waals surface area contributed by atoms with Crippen LogP contribution in [-0.4, -0.2) is 56.0 Å². The van der Waals surface area contributed by atoms with Crippen molar-refractivity contribution < 1.29 is 9.47 Å². The lowest BCUT2D eigenvalue weighted by atomic mass is 9.95. The minimum Gasteiger partial charge on any atom is -0.381 e. The minimum absolute atomic E-state index is 0.0695. The van der Waals surface area contributed by atoms with Crippen LogP contribution in [0.3, 0.4) is 0 Å². The molecule has 1 aliphatic heterocycles. The summed E-state index contributed by atoms with van der Waals surface area (Å²) in [5, 5.41) is 3.38. The molecule has 0 radical (unpaired) electrons. The molecule has 0 saturated carbocycles. The Morgan fingerprint density at radius 2 is 2.14 bits per heavy atom. The molecule has 0 spiro atoms. The van der Waals surface area contributed by atoms with E-state index >= 15 is 0 Å². The Kier molecular flexibility index (Phi) is 5.76. The molecule has 0 aliphatic carbocycles. The second kappa shape index (κ2) is 7.56. The van der Waals surface area contributed by atoms with E-state index in [1.807, 2.05) is 13.0 Å². The molecule has 0 unspecified atom stereocenters. The lowest BCUT2D eigenvalue weighted by molar-refractivity contribution is 0.0774. The number of morpholine rings is 1. The highest BCUT2D eigenvalue weighted by atomic mass is 16.5. The van der Waals surface area contributed by atoms with Crippen LogP contribution in [0.1, 0.15) is 20.8 Å². The van der Waals surface area contributed by atoms with Crippen molar-refractivity contribution in [2.75, 3.05) is 56.3 Å². The summed E-state index contributed by atoms with van der Waals surface area (Å²) in [5.74, 6) is 1.63. The summed E-state index contributed by atoms with van der Waals surface area (Å²) in [6.07, 6.45) is 1.80. The first kappa shape index (κ1) is 16.0. The summed E-state index contributed by atoms with van der Waals surface area (Å²) >= 11 is 0. The molecule has 2 rings (SSSR count). The third-order valence-electron chi connectivity index (χ3n) is 3.38. The molecule has 21 heavy (non-hydrogen) atoms. The fraction of sp³-hybridized carbons (Fsp3) is 0.733. The highest BCUT2D eigenvalue weighted by Gasteiger charge is 2.19. The van der Waals surface area contributed by atoms with E-state index < -0.39 is 0 Å². The number of ether oxygens (including phenoxy) is 2. The molecule has 1 aromatic heterocycles. The largest absolute Gasteiger partial charge is 0.381 e. The fourth-order valence-corrected chi connectivity index (χ4v) is 2.12. The van der Waals surface area contributed by atoms with Crippen molar-refractivity contribution in [2.24, 2.45) is 5.41 Å². The second-order valence-corrected chi connectivity index (χ2v) is 6.00. The van der Waals surface area contributed by atoms with Crippen molar-refractivity contribution in [3.8, 4) is 0 Å². The van der Waals surface area contributed by atoms with Gasteiger partial charge in [0, 0.05) is 37.9 Å². The maximum absolute atomic E-state index is 5.51. The molecule has 1 fully saturated rings. The summed E-state index contributed by atoms with van der Waals surface area (Å²) in [5.41, 5.74) is 0.0695. The van der Waals surface area contributed by atoms with Gasteiger partial charge in [-0.25, -0.2) is 4.98 Å². The molecule has 1 aliphatic rings. The molecule has 2 heterocycles. The summed E-state index contributed by atoms with van der Waals surface area (Å²) in [4.78, 5) is 11.1. The maximum Gasteiger partial charge on any atom is 0.227 e. The van der Waals surface area contributed by atoms with Crippen LogP contribution in [-0.2, 0) is 9.47 Å². The molecule has 118 valence electrons. The molecule has 0 atom stereocenters. The Labute approximate surface area is 126 Å². The number of nitrogens with zero attached hydrogens (tertiary/aromatic N) is 3. The maximum atomic E-state index is 5.51. The molecular formula is C15H26N4O2. The second-order valence-electron chi connectivity index (χ2n) is 6.00. The Bertz CT molecular complexity index is 433. The Morgan fingerprint density at radius 1 is 1.38 bits per heavy atom. The van der Waals surface area contributed by atoms with Crippen molar-refractivity contribution in [1.82, 2.24) is 9.97 Å². The smallest absolute Gasteiger partial charge is 0.227 e. The van der Waals surface area contributed by atoms with Gasteiger partial charge in [0.1, 0.15) is 5.82 Å². The first-order valence-electron chi connectivity index (χ1n) is 7.58. The molecule has 1 N–H and O–H groups in total. The normalized spacial score (nSPS) is 16.0. The average molecular weight is 294 g/mol. The number of rotatable bonds is 7. The molecule has 6 nitrogen and oxygen atoms in total. The van der Waals surface area contributed by atoms with Crippen molar-refractivity contribution in [2.45, 2.75) is 20.8 Å². The highest BCUT2D eigenvalue weighted by Crippen LogP contribution is 2.18. The number of nitrogens with one attached hydrogen (secondary N) is 1. The van der Waals surface area contributed by atoms with Gasteiger partial charge in [-0.15, -0.1) is 0 Å². The standard InChI is InChI=1S/C15H26N4O2/c1-4-20-12-15(2,3)11-17-13-5-6-16-14(18-13)19-7-9-21-10-8-19/h5-6H,4,7-12H2,1-3H3,(H,16,17,18). The van der Waals surface area contributed by atoms with Crippen molar-refractivity contribution in [3.63, 3.8) is 0 Å². The Balaban J connectivity index is 1.91. The van der Waals surface area contributed by atoms with Crippen molar-refractivity contribution >= 4 is 11.8 Å². The first-order valence-corrected chi connectivity index (χ1v) is 7.58. The first-order chi connectivity index (χ1) is 10.1. The van der Waals surface area contributed by atoms with Gasteiger partial charge < -0.3 is 19.7 Å². The van der Waals surface area contributed by atoms with E-state index in [-0.39, 0.29) is 5.41 Å². The third kappa shape index (κ3) is 5.13. The predicted molar refractivity (Wildman–Crippen MR) is 83.8 cm³/mol. The quantitative estimate of drug-likeness (QED) is 0.827. The number of hydrogen-bond acceptors (Lipinski definition) is 6. The van der Waals surface area contributed by atoms with E-state index in [0.29, 0.717) is 0 Å². The van der Waals surface area contributed by atoms with Crippen LogP contribution in [0.2, 0.25) is 0 Å². The Morgan fingerprint density at radius 3 is 2.86 bits per heavy atom. The molecule has 0 aromatic carbocycles. The van der Waals surface area contributed by atoms with E-state index in [2.05, 4.69) is 34.0 Å². The van der Waals surface area contributed by atoms with Gasteiger partial charge >= 0.3 is 0 Å². The van der Waals surface area contributed by atoms with Gasteiger partial charge in [-0.1, -0.05) is 13.8 Å². The summed E-state index contributed by atoms with van der Waals surface area (Å²) < 4.78 is 10.9. The zero-order chi connectivity index (χ0) is 15.1. The zero-order valence-corrected chi connectivity index (χ0v) is 13.3. The molecule has 1 aromatic rings. The van der Waals surface area contributed by atoms with E-state index in [0.717, 1.165) is 57.8 Å². The fourth-order valence-electron chi connectivity index (χ4n) is 2.12. The van der Waals surface area contributed by atoms with Gasteiger partial charge in [0.25, 0.3) is 0 Å². The average Bonchev–Trinajstić information content (AvgIpc) is 2.52. The molecule has 0 bridgehead atoms. The van der Waals surface area contributed by atoms with Crippen LogP contribution in [0, 0.1) is 5.41 Å². The number of hydrogen-bond donors (Lipinski definition) is 1. The SMILES string of the molecule is CCOCC(C)(C)CNc1ccnc(N2CCOCC2)n1. The van der Waals surface area contributed by atoms with Crippen LogP contribution in [0.5, 0.6) is 0 Å². The molecule has 1 saturated heterocycles. The lowest BCUT2D eigenvalue weighted by Crippen LogP contribution is -2.37. The van der Waals surface area contributed by atoms with Gasteiger partial charge in [0.05, 0.1) is 19.8 Å². The van der Waals surface area contributed by atoms with E-state index in [1.54, 1.807) is 6.20 Å². The van der Waals surface area contributed by atoms with Crippen LogP contribution in [0.25, 0.3) is 0 Å². The van der Waals surface area contributed by atoms with E-state index in [4.69, 9.17) is 9.47 Å². The van der Waals surface area contributed by atoms with Gasteiger partial charge in [-0.3, -0.25) is 0 Å². The number of aromatic nitrogens is 2. The third-order valence-corrected chi connectivity index (χ3v) is 3.38. The summed E-state index contributed by atoms with van der Waals surface area (Å²) in [6.45, 7) is 11.8. The molecule has 0 amide bonds. The zero-order valence-electron chi connectivity index (χ0n) is 13.3. The van der Waals surface area contributed by atoms with E-state index in [1.165, 1.54) is 0 Å². The lowest BCUT2D eigenvalue weighted by Gasteiger charge is -2.27. The van der Waals surface area contributed by atoms with Crippen LogP contribution < -0.4 is 10.2 Å². The number of anilines is 2. The van der Waals surface area contributed by atoms with Gasteiger partial charge in [-0.05, 0) is 13.0 Å². The van der Waals surface area contributed by atoms with Gasteiger partial charge in [-0.2, -0.15) is 4.98 Å². The van der Waals surface area contributed by atoms with Gasteiger partial charge in [0.15, 0.2) is 0 Å². The Hall–Kier alpha value is -1.40. The highest BCUT2D eigenvalue weighted by molar-refractivity contribution is 5.41. The van der Waals surface area contributed by atoms with Crippen LogP contribution in [0.4, 0.5) is 11.8 Å². The summed E-state index contributed by atoms with van der Waals surface area (Å²) in [6, 6.07) is 1.90. The van der Waals surface area contributed by atoms with Crippen LogP contribution in [0.15, 0.2) is 12.3 Å². The van der Waals surface area contributed by atoms with Crippen molar-refractivity contribution in [3.05, 3.63) is 12.3 Å². The topological polar surface area (TPSA) is 59.5 Å². The van der Waals surface area contributed by atoms with Crippen LogP contribution >= 0.6 is 0 Å². The monoisotopic (exact) mass is 294 g/mol. The van der Waals surface area contributed by atoms with E-state index in [9.17, 15) is 0 Å². The summed E-state index contributed by atoms with van der Waals surface area (Å²) in [7, 11) is 0. The van der Waals surface area contributed by atoms with Crippen molar-refractivity contribution in [1.29, 1.82) is 0 Å². The molecular weight excluding hydrogens is 268 g/mol. The minimum atomic E-state index is 0.0695.